The first-order chi connectivity index (χ1) is 9.22. The van der Waals surface area contributed by atoms with Crippen LogP contribution in [0.3, 0.4) is 0 Å². The molecule has 3 aromatic rings. The van der Waals surface area contributed by atoms with Gasteiger partial charge in [-0.15, -0.1) is 16.4 Å². The highest BCUT2D eigenvalue weighted by Crippen LogP contribution is 2.24. The Morgan fingerprint density at radius 2 is 2.21 bits per heavy atom. The molecule has 0 unspecified atom stereocenters. The molecule has 0 radical (unpaired) electrons. The lowest BCUT2D eigenvalue weighted by Crippen LogP contribution is -2.10. The first kappa shape index (κ1) is 12.5. The van der Waals surface area contributed by atoms with Crippen molar-refractivity contribution < 1.29 is 9.21 Å². The van der Waals surface area contributed by atoms with Crippen LogP contribution in [0.5, 0.6) is 0 Å². The maximum Gasteiger partial charge on any atom is 0.322 e. The average molecular weight is 356 g/mol. The van der Waals surface area contributed by atoms with Gasteiger partial charge in [0.15, 0.2) is 0 Å². The molecular formula is C11H6BrN3O2S2. The van der Waals surface area contributed by atoms with Gasteiger partial charge in [0, 0.05) is 10.9 Å². The second-order valence-corrected chi connectivity index (χ2v) is 6.73. The summed E-state index contributed by atoms with van der Waals surface area (Å²) in [6.45, 7) is 0. The summed E-state index contributed by atoms with van der Waals surface area (Å²) in [4.78, 5) is 12.4. The lowest BCUT2D eigenvalue weighted by Gasteiger charge is -1.95. The van der Waals surface area contributed by atoms with Crippen molar-refractivity contribution in [3.05, 3.63) is 37.6 Å². The van der Waals surface area contributed by atoms with E-state index in [0.717, 1.165) is 9.35 Å². The van der Waals surface area contributed by atoms with Crippen LogP contribution in [-0.4, -0.2) is 16.1 Å². The van der Waals surface area contributed by atoms with Crippen molar-refractivity contribution in [1.82, 2.24) is 10.2 Å². The summed E-state index contributed by atoms with van der Waals surface area (Å²) in [6.07, 6.45) is 0. The molecule has 5 nitrogen and oxygen atoms in total. The van der Waals surface area contributed by atoms with Gasteiger partial charge in [-0.05, 0) is 39.5 Å². The van der Waals surface area contributed by atoms with Gasteiger partial charge in [0.05, 0.1) is 8.66 Å². The Kier molecular flexibility index (Phi) is 3.45. The van der Waals surface area contributed by atoms with Crippen molar-refractivity contribution in [2.24, 2.45) is 0 Å². The topological polar surface area (TPSA) is 68.0 Å². The van der Waals surface area contributed by atoms with E-state index in [1.54, 1.807) is 6.07 Å². The van der Waals surface area contributed by atoms with Crippen LogP contribution in [0.25, 0.3) is 11.5 Å². The molecule has 0 aliphatic rings. The predicted octanol–water partition coefficient (Wildman–Crippen LogP) is 3.87. The first-order valence-corrected chi connectivity index (χ1v) is 7.70. The number of thiophene rings is 2. The molecule has 0 atom stereocenters. The molecule has 8 heteroatoms. The van der Waals surface area contributed by atoms with Crippen molar-refractivity contribution in [2.75, 3.05) is 5.32 Å². The maximum absolute atomic E-state index is 11.9. The van der Waals surface area contributed by atoms with Crippen LogP contribution >= 0.6 is 38.6 Å². The molecule has 1 N–H and O–H groups in total. The summed E-state index contributed by atoms with van der Waals surface area (Å²) in [5.41, 5.74) is 0.844. The Morgan fingerprint density at radius 3 is 2.89 bits per heavy atom. The predicted molar refractivity (Wildman–Crippen MR) is 77.6 cm³/mol. The molecule has 0 fully saturated rings. The van der Waals surface area contributed by atoms with Crippen LogP contribution in [0.4, 0.5) is 6.01 Å². The third-order valence-corrected chi connectivity index (χ3v) is 4.52. The van der Waals surface area contributed by atoms with Gasteiger partial charge in [-0.2, -0.15) is 11.3 Å². The number of hydrogen-bond donors (Lipinski definition) is 1. The molecule has 0 saturated heterocycles. The summed E-state index contributed by atoms with van der Waals surface area (Å²) in [5, 5.41) is 14.1. The number of carbonyl (C=O) groups is 1. The van der Waals surface area contributed by atoms with E-state index in [-0.39, 0.29) is 11.9 Å². The van der Waals surface area contributed by atoms with Crippen molar-refractivity contribution >= 4 is 50.5 Å². The molecule has 3 heterocycles. The molecule has 0 bridgehead atoms. The number of halogens is 1. The minimum Gasteiger partial charge on any atom is -0.403 e. The lowest BCUT2D eigenvalue weighted by atomic mass is 10.3. The number of amides is 1. The van der Waals surface area contributed by atoms with Crippen LogP contribution in [0.15, 0.2) is 37.2 Å². The van der Waals surface area contributed by atoms with E-state index in [2.05, 4.69) is 31.4 Å². The average Bonchev–Trinajstić information content (AvgIpc) is 3.07. The maximum atomic E-state index is 11.9. The van der Waals surface area contributed by atoms with E-state index < -0.39 is 0 Å². The molecule has 0 saturated carbocycles. The standard InChI is InChI=1S/C11H6BrN3O2S2/c12-8-2-1-7(19-8)9(16)13-11-15-14-10(17-11)6-3-4-18-5-6/h1-5H,(H,13,15,16). The fraction of sp³-hybridized carbons (Fsp3) is 0. The van der Waals surface area contributed by atoms with Gasteiger partial charge in [-0.25, -0.2) is 0 Å². The van der Waals surface area contributed by atoms with E-state index in [0.29, 0.717) is 10.8 Å². The van der Waals surface area contributed by atoms with Gasteiger partial charge in [-0.3, -0.25) is 10.1 Å². The fourth-order valence-corrected chi connectivity index (χ4v) is 3.28. The number of rotatable bonds is 3. The molecule has 19 heavy (non-hydrogen) atoms. The Bertz CT molecular complexity index is 705. The zero-order valence-corrected chi connectivity index (χ0v) is 12.5. The zero-order chi connectivity index (χ0) is 13.2. The monoisotopic (exact) mass is 355 g/mol. The van der Waals surface area contributed by atoms with Gasteiger partial charge < -0.3 is 4.42 Å². The highest BCUT2D eigenvalue weighted by atomic mass is 79.9. The molecule has 0 aliphatic carbocycles. The molecule has 0 spiro atoms. The van der Waals surface area contributed by atoms with Crippen molar-refractivity contribution in [2.45, 2.75) is 0 Å². The third-order valence-electron chi connectivity index (χ3n) is 2.21. The molecular weight excluding hydrogens is 350 g/mol. The van der Waals surface area contributed by atoms with Crippen LogP contribution in [0, 0.1) is 0 Å². The van der Waals surface area contributed by atoms with Gasteiger partial charge in [0.25, 0.3) is 11.8 Å². The Labute approximate surface area is 124 Å². The number of nitrogens with one attached hydrogen (secondary N) is 1. The normalized spacial score (nSPS) is 10.6. The summed E-state index contributed by atoms with van der Waals surface area (Å²) < 4.78 is 6.26. The van der Waals surface area contributed by atoms with E-state index in [1.807, 2.05) is 22.9 Å². The number of aromatic nitrogens is 2. The second-order valence-electron chi connectivity index (χ2n) is 3.48. The number of carbonyl (C=O) groups excluding carboxylic acids is 1. The van der Waals surface area contributed by atoms with Crippen molar-refractivity contribution in [3.63, 3.8) is 0 Å². The van der Waals surface area contributed by atoms with Gasteiger partial charge in [-0.1, -0.05) is 5.10 Å². The number of anilines is 1. The fourth-order valence-electron chi connectivity index (χ4n) is 1.37. The highest BCUT2D eigenvalue weighted by Gasteiger charge is 2.14. The van der Waals surface area contributed by atoms with Crippen molar-refractivity contribution in [3.8, 4) is 11.5 Å². The molecule has 3 aromatic heterocycles. The Morgan fingerprint density at radius 1 is 1.32 bits per heavy atom. The number of nitrogens with zero attached hydrogens (tertiary/aromatic N) is 2. The summed E-state index contributed by atoms with van der Waals surface area (Å²) in [5.74, 6) is 0.125. The van der Waals surface area contributed by atoms with Gasteiger partial charge in [0.1, 0.15) is 0 Å². The van der Waals surface area contributed by atoms with Crippen LogP contribution in [-0.2, 0) is 0 Å². The minimum absolute atomic E-state index is 0.0933. The van der Waals surface area contributed by atoms with Gasteiger partial charge >= 0.3 is 6.01 Å². The second kappa shape index (κ2) is 5.24. The smallest absolute Gasteiger partial charge is 0.322 e. The van der Waals surface area contributed by atoms with E-state index in [9.17, 15) is 4.79 Å². The SMILES string of the molecule is O=C(Nc1nnc(-c2ccsc2)o1)c1ccc(Br)s1. The van der Waals surface area contributed by atoms with E-state index >= 15 is 0 Å². The molecule has 96 valence electrons. The summed E-state index contributed by atoms with van der Waals surface area (Å²) >= 11 is 6.18. The first-order valence-electron chi connectivity index (χ1n) is 5.15. The highest BCUT2D eigenvalue weighted by molar-refractivity contribution is 9.11. The molecule has 0 aliphatic heterocycles. The van der Waals surface area contributed by atoms with Gasteiger partial charge in [0.2, 0.25) is 0 Å². The zero-order valence-electron chi connectivity index (χ0n) is 9.29. The quantitative estimate of drug-likeness (QED) is 0.774. The molecule has 0 aromatic carbocycles. The Hall–Kier alpha value is -1.51. The lowest BCUT2D eigenvalue weighted by molar-refractivity contribution is 0.102. The molecule has 1 amide bonds. The van der Waals surface area contributed by atoms with Crippen LogP contribution in [0.2, 0.25) is 0 Å². The van der Waals surface area contributed by atoms with Crippen LogP contribution in [0.1, 0.15) is 9.67 Å². The summed E-state index contributed by atoms with van der Waals surface area (Å²) in [6, 6.07) is 5.50. The number of hydrogen-bond acceptors (Lipinski definition) is 6. The largest absolute Gasteiger partial charge is 0.403 e. The third kappa shape index (κ3) is 2.75. The Balaban J connectivity index is 1.76. The molecule has 3 rings (SSSR count). The van der Waals surface area contributed by atoms with Crippen molar-refractivity contribution in [1.29, 1.82) is 0 Å². The minimum atomic E-state index is -0.267. The van der Waals surface area contributed by atoms with Crippen LogP contribution < -0.4 is 5.32 Å². The van der Waals surface area contributed by atoms with E-state index in [1.165, 1.54) is 22.7 Å². The van der Waals surface area contributed by atoms with E-state index in [4.69, 9.17) is 4.42 Å². The summed E-state index contributed by atoms with van der Waals surface area (Å²) in [7, 11) is 0.